The maximum Gasteiger partial charge on any atom is 0.269 e. The molecule has 2 fully saturated rings. The van der Waals surface area contributed by atoms with E-state index in [-0.39, 0.29) is 35.8 Å². The number of methoxy groups -OCH3 is 1. The van der Waals surface area contributed by atoms with Crippen LogP contribution in [0.15, 0.2) is 53.4 Å². The van der Waals surface area contributed by atoms with Crippen molar-refractivity contribution in [3.63, 3.8) is 0 Å². The molecule has 5 rings (SSSR count). The Morgan fingerprint density at radius 2 is 1.80 bits per heavy atom. The molecule has 1 N–H and O–H groups in total. The molecule has 0 spiro atoms. The number of carbonyl (C=O) groups excluding carboxylic acids is 3. The summed E-state index contributed by atoms with van der Waals surface area (Å²) in [7, 11) is -2.72. The quantitative estimate of drug-likeness (QED) is 0.458. The van der Waals surface area contributed by atoms with Gasteiger partial charge in [-0.1, -0.05) is 24.3 Å². The molecular weight excluding hydrogens is 538 g/mol. The van der Waals surface area contributed by atoms with E-state index in [1.807, 2.05) is 0 Å². The van der Waals surface area contributed by atoms with Gasteiger partial charge in [0.1, 0.15) is 23.2 Å². The summed E-state index contributed by atoms with van der Waals surface area (Å²) >= 11 is 0. The maximum atomic E-state index is 14.0. The van der Waals surface area contributed by atoms with Gasteiger partial charge in [0, 0.05) is 26.3 Å². The largest absolute Gasteiger partial charge is 0.497 e. The standard InChI is InChI=1S/C28H33N3O8S/c1-37-20-8-4-7-19(15-20)26(27(33)29-16-21-9-5-13-38-21)30(17-22-10-6-14-39-22)25(32)18-31-28(34)23-11-2-3-12-24(23)40(31,35)36/h2-4,7-8,11-12,15,21-22,26H,5-6,9-10,13-14,16-18H2,1H3,(H,29,33)/t21-,22-,26+/m0/s1. The van der Waals surface area contributed by atoms with E-state index >= 15 is 0 Å². The maximum absolute atomic E-state index is 14.0. The Balaban J connectivity index is 1.47. The van der Waals surface area contributed by atoms with Crippen LogP contribution >= 0.6 is 0 Å². The molecule has 3 aliphatic heterocycles. The zero-order valence-electron chi connectivity index (χ0n) is 22.3. The molecule has 214 valence electrons. The second-order valence-corrected chi connectivity index (χ2v) is 11.9. The van der Waals surface area contributed by atoms with E-state index in [1.54, 1.807) is 30.3 Å². The fourth-order valence-electron chi connectivity index (χ4n) is 5.36. The van der Waals surface area contributed by atoms with Crippen molar-refractivity contribution < 1.29 is 37.0 Å². The Hall–Kier alpha value is -3.48. The molecule has 2 aromatic rings. The van der Waals surface area contributed by atoms with E-state index in [0.29, 0.717) is 35.3 Å². The first kappa shape index (κ1) is 28.1. The third-order valence-electron chi connectivity index (χ3n) is 7.43. The summed E-state index contributed by atoms with van der Waals surface area (Å²) in [4.78, 5) is 42.0. The zero-order chi connectivity index (χ0) is 28.3. The van der Waals surface area contributed by atoms with E-state index in [0.717, 1.165) is 19.3 Å². The highest BCUT2D eigenvalue weighted by Gasteiger charge is 2.44. The van der Waals surface area contributed by atoms with Crippen molar-refractivity contribution in [2.24, 2.45) is 0 Å². The highest BCUT2D eigenvalue weighted by molar-refractivity contribution is 7.90. The Morgan fingerprint density at radius 3 is 2.48 bits per heavy atom. The van der Waals surface area contributed by atoms with Crippen LogP contribution in [0.1, 0.15) is 47.6 Å². The number of benzene rings is 2. The van der Waals surface area contributed by atoms with Crippen molar-refractivity contribution in [1.29, 1.82) is 0 Å². The Morgan fingerprint density at radius 1 is 1.07 bits per heavy atom. The molecular formula is C28H33N3O8S. The second kappa shape index (κ2) is 11.9. The molecule has 0 bridgehead atoms. The van der Waals surface area contributed by atoms with Crippen LogP contribution < -0.4 is 10.1 Å². The first-order chi connectivity index (χ1) is 19.3. The fourth-order valence-corrected chi connectivity index (χ4v) is 6.88. The lowest BCUT2D eigenvalue weighted by Gasteiger charge is -2.34. The second-order valence-electron chi connectivity index (χ2n) is 10.1. The molecule has 2 aromatic carbocycles. The summed E-state index contributed by atoms with van der Waals surface area (Å²) in [6.45, 7) is 0.723. The normalized spacial score (nSPS) is 22.1. The van der Waals surface area contributed by atoms with Crippen LogP contribution in [0.4, 0.5) is 0 Å². The third-order valence-corrected chi connectivity index (χ3v) is 9.22. The van der Waals surface area contributed by atoms with Crippen LogP contribution in [0.25, 0.3) is 0 Å². The number of hydrogen-bond donors (Lipinski definition) is 1. The highest BCUT2D eigenvalue weighted by Crippen LogP contribution is 2.32. The van der Waals surface area contributed by atoms with Gasteiger partial charge in [-0.15, -0.1) is 0 Å². The predicted octanol–water partition coefficient (Wildman–Crippen LogP) is 1.88. The van der Waals surface area contributed by atoms with Gasteiger partial charge in [-0.2, -0.15) is 0 Å². The summed E-state index contributed by atoms with van der Waals surface area (Å²) in [6, 6.07) is 11.5. The number of nitrogens with zero attached hydrogens (tertiary/aromatic N) is 2. The molecule has 0 saturated carbocycles. The minimum Gasteiger partial charge on any atom is -0.497 e. The number of ether oxygens (including phenoxy) is 3. The lowest BCUT2D eigenvalue weighted by Crippen LogP contribution is -2.51. The first-order valence-electron chi connectivity index (χ1n) is 13.4. The summed E-state index contributed by atoms with van der Waals surface area (Å²) < 4.78 is 43.8. The smallest absolute Gasteiger partial charge is 0.269 e. The van der Waals surface area contributed by atoms with Gasteiger partial charge in [-0.25, -0.2) is 12.7 Å². The van der Waals surface area contributed by atoms with E-state index in [9.17, 15) is 22.8 Å². The molecule has 3 heterocycles. The van der Waals surface area contributed by atoms with Crippen molar-refractivity contribution in [3.05, 3.63) is 59.7 Å². The first-order valence-corrected chi connectivity index (χ1v) is 14.8. The summed E-state index contributed by atoms with van der Waals surface area (Å²) in [6.07, 6.45) is 2.74. The average molecular weight is 572 g/mol. The molecule has 0 aromatic heterocycles. The monoisotopic (exact) mass is 571 g/mol. The molecule has 11 nitrogen and oxygen atoms in total. The fraction of sp³-hybridized carbons (Fsp3) is 0.464. The van der Waals surface area contributed by atoms with Gasteiger partial charge in [0.15, 0.2) is 0 Å². The molecule has 0 radical (unpaired) electrons. The predicted molar refractivity (Wildman–Crippen MR) is 143 cm³/mol. The molecule has 40 heavy (non-hydrogen) atoms. The van der Waals surface area contributed by atoms with Gasteiger partial charge in [0.05, 0.1) is 24.9 Å². The number of hydrogen-bond acceptors (Lipinski definition) is 8. The zero-order valence-corrected chi connectivity index (χ0v) is 23.1. The number of rotatable bonds is 10. The molecule has 3 atom stereocenters. The Labute approximate surface area is 233 Å². The summed E-state index contributed by atoms with van der Waals surface area (Å²) in [5.74, 6) is -1.43. The average Bonchev–Trinajstić information content (AvgIpc) is 3.71. The Bertz CT molecular complexity index is 1370. The number of amides is 3. The van der Waals surface area contributed by atoms with Crippen LogP contribution in [0.3, 0.4) is 0 Å². The van der Waals surface area contributed by atoms with Gasteiger partial charge < -0.3 is 24.4 Å². The van der Waals surface area contributed by atoms with E-state index in [2.05, 4.69) is 5.32 Å². The molecule has 3 amide bonds. The number of nitrogens with one attached hydrogen (secondary N) is 1. The van der Waals surface area contributed by atoms with Gasteiger partial charge in [0.2, 0.25) is 11.8 Å². The molecule has 0 unspecified atom stereocenters. The van der Waals surface area contributed by atoms with E-state index < -0.39 is 40.3 Å². The summed E-state index contributed by atoms with van der Waals surface area (Å²) in [5.41, 5.74) is 0.494. The summed E-state index contributed by atoms with van der Waals surface area (Å²) in [5, 5.41) is 2.92. The molecule has 3 aliphatic rings. The third kappa shape index (κ3) is 5.70. The van der Waals surface area contributed by atoms with Crippen LogP contribution in [0.2, 0.25) is 0 Å². The van der Waals surface area contributed by atoms with Crippen LogP contribution in [0.5, 0.6) is 5.75 Å². The van der Waals surface area contributed by atoms with Gasteiger partial charge in [-0.3, -0.25) is 14.4 Å². The minimum atomic E-state index is -4.23. The van der Waals surface area contributed by atoms with Crippen molar-refractivity contribution in [1.82, 2.24) is 14.5 Å². The van der Waals surface area contributed by atoms with E-state index in [4.69, 9.17) is 14.2 Å². The topological polar surface area (TPSA) is 132 Å². The number of fused-ring (bicyclic) bond motifs is 1. The van der Waals surface area contributed by atoms with Crippen LogP contribution in [-0.2, 0) is 29.1 Å². The van der Waals surface area contributed by atoms with Crippen LogP contribution in [-0.4, -0.2) is 87.5 Å². The van der Waals surface area contributed by atoms with Crippen molar-refractivity contribution in [3.8, 4) is 5.75 Å². The van der Waals surface area contributed by atoms with E-state index in [1.165, 1.54) is 30.2 Å². The van der Waals surface area contributed by atoms with Gasteiger partial charge in [-0.05, 0) is 55.5 Å². The molecule has 12 heteroatoms. The van der Waals surface area contributed by atoms with Gasteiger partial charge in [0.25, 0.3) is 15.9 Å². The van der Waals surface area contributed by atoms with Crippen LogP contribution in [0, 0.1) is 0 Å². The lowest BCUT2D eigenvalue weighted by atomic mass is 10.0. The molecule has 0 aliphatic carbocycles. The van der Waals surface area contributed by atoms with Crippen molar-refractivity contribution in [2.75, 3.05) is 40.0 Å². The number of carbonyl (C=O) groups is 3. The van der Waals surface area contributed by atoms with Gasteiger partial charge >= 0.3 is 0 Å². The highest BCUT2D eigenvalue weighted by atomic mass is 32.2. The Kier molecular flexibility index (Phi) is 8.38. The lowest BCUT2D eigenvalue weighted by molar-refractivity contribution is -0.142. The SMILES string of the molecule is COc1cccc([C@H](C(=O)NC[C@@H]2CCCO2)N(C[C@@H]2CCCO2)C(=O)CN2C(=O)c3ccccc3S2(=O)=O)c1. The van der Waals surface area contributed by atoms with Crippen molar-refractivity contribution in [2.45, 2.75) is 48.8 Å². The van der Waals surface area contributed by atoms with Crippen molar-refractivity contribution >= 4 is 27.7 Å². The number of sulfonamides is 1. The molecule has 2 saturated heterocycles. The minimum absolute atomic E-state index is 0.0135.